The standard InChI is InChI=1S/C12H11ClFIN2/c1-12(2-3-12)17-10-4-7(14)8(15)5-9(10)16-11(17)6-13/h4-5H,2-3,6H2,1H3. The van der Waals surface area contributed by atoms with Crippen molar-refractivity contribution in [3.63, 3.8) is 0 Å². The molecule has 1 aromatic heterocycles. The van der Waals surface area contributed by atoms with Crippen molar-refractivity contribution in [3.8, 4) is 0 Å². The van der Waals surface area contributed by atoms with Crippen molar-refractivity contribution in [2.24, 2.45) is 0 Å². The lowest BCUT2D eigenvalue weighted by atomic mass is 10.2. The van der Waals surface area contributed by atoms with Crippen LogP contribution in [0.4, 0.5) is 4.39 Å². The van der Waals surface area contributed by atoms with Crippen LogP contribution < -0.4 is 0 Å². The predicted octanol–water partition coefficient (Wildman–Crippen LogP) is 4.03. The molecule has 0 amide bonds. The van der Waals surface area contributed by atoms with Crippen molar-refractivity contribution in [3.05, 3.63) is 27.3 Å². The summed E-state index contributed by atoms with van der Waals surface area (Å²) < 4.78 is 16.4. The summed E-state index contributed by atoms with van der Waals surface area (Å²) in [4.78, 5) is 4.50. The smallest absolute Gasteiger partial charge is 0.138 e. The molecular weight excluding hydrogens is 354 g/mol. The Balaban J connectivity index is 2.34. The summed E-state index contributed by atoms with van der Waals surface area (Å²) >= 11 is 7.92. The van der Waals surface area contributed by atoms with Gasteiger partial charge in [0.2, 0.25) is 0 Å². The number of benzene rings is 1. The lowest BCUT2D eigenvalue weighted by Gasteiger charge is -2.15. The van der Waals surface area contributed by atoms with Gasteiger partial charge >= 0.3 is 0 Å². The van der Waals surface area contributed by atoms with E-state index in [1.165, 1.54) is 0 Å². The molecule has 2 aromatic rings. The third-order valence-corrected chi connectivity index (χ3v) is 4.46. The van der Waals surface area contributed by atoms with E-state index in [2.05, 4.69) is 16.5 Å². The van der Waals surface area contributed by atoms with Crippen molar-refractivity contribution in [2.45, 2.75) is 31.2 Å². The zero-order valence-electron chi connectivity index (χ0n) is 9.30. The maximum absolute atomic E-state index is 13.7. The molecule has 90 valence electrons. The first kappa shape index (κ1) is 11.7. The van der Waals surface area contributed by atoms with E-state index in [9.17, 15) is 4.39 Å². The summed E-state index contributed by atoms with van der Waals surface area (Å²) in [5.74, 6) is 1.01. The van der Waals surface area contributed by atoms with E-state index >= 15 is 0 Å². The summed E-state index contributed by atoms with van der Waals surface area (Å²) in [5.41, 5.74) is 1.77. The Morgan fingerprint density at radius 1 is 1.53 bits per heavy atom. The SMILES string of the molecule is CC1(n2c(CCl)nc3cc(I)c(F)cc32)CC1. The van der Waals surface area contributed by atoms with Crippen LogP contribution in [0, 0.1) is 9.39 Å². The van der Waals surface area contributed by atoms with Gasteiger partial charge in [-0.1, -0.05) is 0 Å². The van der Waals surface area contributed by atoms with Gasteiger partial charge < -0.3 is 4.57 Å². The van der Waals surface area contributed by atoms with Crippen LogP contribution in [-0.2, 0) is 11.4 Å². The maximum atomic E-state index is 13.7. The Morgan fingerprint density at radius 2 is 2.24 bits per heavy atom. The number of rotatable bonds is 2. The number of fused-ring (bicyclic) bond motifs is 1. The average Bonchev–Trinajstić information content (AvgIpc) is 2.91. The minimum absolute atomic E-state index is 0.0816. The van der Waals surface area contributed by atoms with Gasteiger partial charge in [0.05, 0.1) is 20.5 Å². The van der Waals surface area contributed by atoms with Gasteiger partial charge in [-0.05, 0) is 48.4 Å². The van der Waals surface area contributed by atoms with Crippen molar-refractivity contribution < 1.29 is 4.39 Å². The molecule has 3 rings (SSSR count). The van der Waals surface area contributed by atoms with E-state index in [1.807, 2.05) is 22.6 Å². The first-order chi connectivity index (χ1) is 8.05. The molecule has 0 N–H and O–H groups in total. The zero-order valence-corrected chi connectivity index (χ0v) is 12.2. The van der Waals surface area contributed by atoms with Crippen LogP contribution in [0.25, 0.3) is 11.0 Å². The van der Waals surface area contributed by atoms with E-state index in [0.717, 1.165) is 29.7 Å². The van der Waals surface area contributed by atoms with Crippen LogP contribution in [0.5, 0.6) is 0 Å². The van der Waals surface area contributed by atoms with E-state index in [-0.39, 0.29) is 11.4 Å². The van der Waals surface area contributed by atoms with Gasteiger partial charge in [0.1, 0.15) is 11.6 Å². The van der Waals surface area contributed by atoms with E-state index in [0.29, 0.717) is 9.45 Å². The van der Waals surface area contributed by atoms with E-state index in [1.54, 1.807) is 12.1 Å². The quantitative estimate of drug-likeness (QED) is 0.581. The summed E-state index contributed by atoms with van der Waals surface area (Å²) in [6, 6.07) is 3.35. The Hall–Kier alpha value is -0.360. The molecule has 0 saturated heterocycles. The first-order valence-corrected chi connectivity index (χ1v) is 7.09. The monoisotopic (exact) mass is 364 g/mol. The average molecular weight is 365 g/mol. The van der Waals surface area contributed by atoms with Crippen molar-refractivity contribution in [1.82, 2.24) is 9.55 Å². The molecule has 5 heteroatoms. The highest BCUT2D eigenvalue weighted by atomic mass is 127. The van der Waals surface area contributed by atoms with E-state index < -0.39 is 0 Å². The highest BCUT2D eigenvalue weighted by molar-refractivity contribution is 14.1. The summed E-state index contributed by atoms with van der Waals surface area (Å²) in [7, 11) is 0. The fourth-order valence-electron chi connectivity index (χ4n) is 2.22. The van der Waals surface area contributed by atoms with Gasteiger partial charge in [0.25, 0.3) is 0 Å². The van der Waals surface area contributed by atoms with Gasteiger partial charge in [-0.2, -0.15) is 0 Å². The fraction of sp³-hybridized carbons (Fsp3) is 0.417. The molecule has 1 fully saturated rings. The van der Waals surface area contributed by atoms with Crippen molar-refractivity contribution >= 4 is 45.2 Å². The number of imidazole rings is 1. The summed E-state index contributed by atoms with van der Waals surface area (Å²) in [6.45, 7) is 2.17. The molecule has 1 aromatic carbocycles. The van der Waals surface area contributed by atoms with Crippen LogP contribution in [0.3, 0.4) is 0 Å². The van der Waals surface area contributed by atoms with Crippen LogP contribution in [0.1, 0.15) is 25.6 Å². The van der Waals surface area contributed by atoms with E-state index in [4.69, 9.17) is 11.6 Å². The Labute approximate surface area is 117 Å². The van der Waals surface area contributed by atoms with Crippen LogP contribution in [0.15, 0.2) is 12.1 Å². The molecule has 2 nitrogen and oxygen atoms in total. The Morgan fingerprint density at radius 3 is 2.82 bits per heavy atom. The minimum Gasteiger partial charge on any atom is -0.321 e. The number of halogens is 3. The topological polar surface area (TPSA) is 17.8 Å². The highest BCUT2D eigenvalue weighted by Crippen LogP contribution is 2.46. The molecule has 0 unspecified atom stereocenters. The predicted molar refractivity (Wildman–Crippen MR) is 74.8 cm³/mol. The number of hydrogen-bond donors (Lipinski definition) is 0. The summed E-state index contributed by atoms with van der Waals surface area (Å²) in [6.07, 6.45) is 2.21. The maximum Gasteiger partial charge on any atom is 0.138 e. The second-order valence-electron chi connectivity index (χ2n) is 4.75. The third-order valence-electron chi connectivity index (χ3n) is 3.40. The number of aromatic nitrogens is 2. The number of hydrogen-bond acceptors (Lipinski definition) is 1. The molecule has 0 spiro atoms. The van der Waals surface area contributed by atoms with Crippen LogP contribution in [-0.4, -0.2) is 9.55 Å². The molecule has 1 aliphatic carbocycles. The van der Waals surface area contributed by atoms with Gasteiger partial charge in [0.15, 0.2) is 0 Å². The zero-order chi connectivity index (χ0) is 12.2. The Kier molecular flexibility index (Phi) is 2.63. The van der Waals surface area contributed by atoms with Gasteiger partial charge in [-0.15, -0.1) is 11.6 Å². The largest absolute Gasteiger partial charge is 0.321 e. The molecular formula is C12H11ClFIN2. The first-order valence-electron chi connectivity index (χ1n) is 5.48. The van der Waals surface area contributed by atoms with Gasteiger partial charge in [-0.25, -0.2) is 9.37 Å². The lowest BCUT2D eigenvalue weighted by Crippen LogP contribution is -2.15. The van der Waals surface area contributed by atoms with Gasteiger partial charge in [0, 0.05) is 11.6 Å². The lowest BCUT2D eigenvalue weighted by molar-refractivity contribution is 0.530. The Bertz CT molecular complexity index is 604. The number of alkyl halides is 1. The molecule has 1 heterocycles. The van der Waals surface area contributed by atoms with Crippen LogP contribution >= 0.6 is 34.2 Å². The number of nitrogens with zero attached hydrogens (tertiary/aromatic N) is 2. The highest BCUT2D eigenvalue weighted by Gasteiger charge is 2.41. The second-order valence-corrected chi connectivity index (χ2v) is 6.18. The molecule has 0 bridgehead atoms. The normalized spacial score (nSPS) is 17.6. The van der Waals surface area contributed by atoms with Crippen molar-refractivity contribution in [2.75, 3.05) is 0 Å². The second kappa shape index (κ2) is 3.82. The minimum atomic E-state index is -0.190. The van der Waals surface area contributed by atoms with Crippen molar-refractivity contribution in [1.29, 1.82) is 0 Å². The van der Waals surface area contributed by atoms with Crippen LogP contribution in [0.2, 0.25) is 0 Å². The molecule has 0 atom stereocenters. The molecule has 0 radical (unpaired) electrons. The van der Waals surface area contributed by atoms with Gasteiger partial charge in [-0.3, -0.25) is 0 Å². The summed E-state index contributed by atoms with van der Waals surface area (Å²) in [5, 5.41) is 0. The molecule has 17 heavy (non-hydrogen) atoms. The third kappa shape index (κ3) is 1.76. The molecule has 0 aliphatic heterocycles. The molecule has 1 saturated carbocycles. The fourth-order valence-corrected chi connectivity index (χ4v) is 2.85. The molecule has 1 aliphatic rings.